The van der Waals surface area contributed by atoms with Crippen molar-refractivity contribution in [3.8, 4) is 5.75 Å². The molecule has 3 nitrogen and oxygen atoms in total. The van der Waals surface area contributed by atoms with Crippen molar-refractivity contribution in [2.45, 2.75) is 18.9 Å². The van der Waals surface area contributed by atoms with E-state index >= 15 is 0 Å². The third-order valence-corrected chi connectivity index (χ3v) is 4.15. The van der Waals surface area contributed by atoms with Crippen LogP contribution in [0.5, 0.6) is 5.75 Å². The van der Waals surface area contributed by atoms with Crippen molar-refractivity contribution in [2.75, 3.05) is 24.6 Å². The van der Waals surface area contributed by atoms with Gasteiger partial charge in [0.25, 0.3) is 0 Å². The van der Waals surface area contributed by atoms with Crippen LogP contribution in [0.15, 0.2) is 48.5 Å². The van der Waals surface area contributed by atoms with E-state index < -0.39 is 6.10 Å². The summed E-state index contributed by atoms with van der Waals surface area (Å²) in [6.45, 7) is 1.85. The van der Waals surface area contributed by atoms with Crippen molar-refractivity contribution in [2.24, 2.45) is 0 Å². The van der Waals surface area contributed by atoms with Gasteiger partial charge in [0.05, 0.1) is 0 Å². The lowest BCUT2D eigenvalue weighted by Crippen LogP contribution is -2.38. The zero-order valence-electron chi connectivity index (χ0n) is 12.4. The average molecular weight is 318 g/mol. The maximum Gasteiger partial charge on any atom is 0.119 e. The molecule has 1 aliphatic heterocycles. The van der Waals surface area contributed by atoms with Crippen LogP contribution in [-0.4, -0.2) is 30.9 Å². The van der Waals surface area contributed by atoms with Gasteiger partial charge in [0.1, 0.15) is 18.5 Å². The maximum absolute atomic E-state index is 10.3. The largest absolute Gasteiger partial charge is 0.491 e. The minimum absolute atomic E-state index is 0.278. The molecule has 22 heavy (non-hydrogen) atoms. The van der Waals surface area contributed by atoms with E-state index in [1.54, 1.807) is 12.1 Å². The van der Waals surface area contributed by atoms with E-state index in [0.29, 0.717) is 11.6 Å². The van der Waals surface area contributed by atoms with Crippen LogP contribution >= 0.6 is 11.6 Å². The van der Waals surface area contributed by atoms with Gasteiger partial charge >= 0.3 is 0 Å². The van der Waals surface area contributed by atoms with E-state index in [1.165, 1.54) is 11.3 Å². The van der Waals surface area contributed by atoms with Crippen molar-refractivity contribution < 1.29 is 9.84 Å². The Labute approximate surface area is 136 Å². The molecule has 2 aromatic carbocycles. The molecule has 1 N–H and O–H groups in total. The summed E-state index contributed by atoms with van der Waals surface area (Å²) in [6, 6.07) is 15.6. The van der Waals surface area contributed by atoms with Crippen molar-refractivity contribution >= 4 is 17.3 Å². The zero-order chi connectivity index (χ0) is 15.4. The van der Waals surface area contributed by atoms with E-state index in [0.717, 1.165) is 25.1 Å². The van der Waals surface area contributed by atoms with Crippen LogP contribution in [-0.2, 0) is 6.42 Å². The lowest BCUT2D eigenvalue weighted by Gasteiger charge is -2.32. The van der Waals surface area contributed by atoms with E-state index in [4.69, 9.17) is 16.3 Å². The summed E-state index contributed by atoms with van der Waals surface area (Å²) in [6.07, 6.45) is 1.72. The average Bonchev–Trinajstić information content (AvgIpc) is 2.55. The van der Waals surface area contributed by atoms with E-state index in [2.05, 4.69) is 23.1 Å². The molecule has 0 fully saturated rings. The van der Waals surface area contributed by atoms with E-state index in [9.17, 15) is 5.11 Å². The highest BCUT2D eigenvalue weighted by Gasteiger charge is 2.19. The summed E-state index contributed by atoms with van der Waals surface area (Å²) < 4.78 is 5.62. The fraction of sp³-hybridized carbons (Fsp3) is 0.333. The molecule has 1 heterocycles. The molecule has 0 spiro atoms. The SMILES string of the molecule is OC(COc1ccc(Cl)cc1)CN1CCCc2ccccc21. The maximum atomic E-state index is 10.3. The Bertz CT molecular complexity index is 615. The second-order valence-corrected chi connectivity index (χ2v) is 6.03. The molecule has 0 amide bonds. The molecule has 0 saturated heterocycles. The molecule has 0 saturated carbocycles. The summed E-state index contributed by atoms with van der Waals surface area (Å²) in [7, 11) is 0. The Morgan fingerprint density at radius 1 is 1.14 bits per heavy atom. The van der Waals surface area contributed by atoms with Gasteiger partial charge in [-0.15, -0.1) is 0 Å². The highest BCUT2D eigenvalue weighted by molar-refractivity contribution is 6.30. The minimum atomic E-state index is -0.526. The number of β-amino-alcohol motifs (C(OH)–C–C–N with tert-alkyl or cyclic N) is 1. The third-order valence-electron chi connectivity index (χ3n) is 3.89. The van der Waals surface area contributed by atoms with Crippen LogP contribution in [0.25, 0.3) is 0 Å². The summed E-state index contributed by atoms with van der Waals surface area (Å²) in [5.74, 6) is 0.725. The van der Waals surface area contributed by atoms with Crippen LogP contribution in [0.1, 0.15) is 12.0 Å². The summed E-state index contributed by atoms with van der Waals surface area (Å²) in [4.78, 5) is 2.24. The number of hydrogen-bond acceptors (Lipinski definition) is 3. The molecule has 1 atom stereocenters. The van der Waals surface area contributed by atoms with Crippen LogP contribution in [0, 0.1) is 0 Å². The van der Waals surface area contributed by atoms with Crippen molar-refractivity contribution in [1.29, 1.82) is 0 Å². The van der Waals surface area contributed by atoms with Gasteiger partial charge in [0.15, 0.2) is 0 Å². The molecule has 3 rings (SSSR count). The number of anilines is 1. The highest BCUT2D eigenvalue weighted by atomic mass is 35.5. The minimum Gasteiger partial charge on any atom is -0.491 e. The Morgan fingerprint density at radius 3 is 2.73 bits per heavy atom. The van der Waals surface area contributed by atoms with Gasteiger partial charge in [0, 0.05) is 23.8 Å². The summed E-state index contributed by atoms with van der Waals surface area (Å²) in [5, 5.41) is 10.9. The predicted molar refractivity (Wildman–Crippen MR) is 89.9 cm³/mol. The standard InChI is InChI=1S/C18H20ClNO2/c19-15-7-9-17(10-8-15)22-13-16(21)12-20-11-3-5-14-4-1-2-6-18(14)20/h1-2,4,6-10,16,21H,3,5,11-13H2. The van der Waals surface area contributed by atoms with Crippen molar-refractivity contribution in [3.63, 3.8) is 0 Å². The van der Waals surface area contributed by atoms with Crippen LogP contribution < -0.4 is 9.64 Å². The van der Waals surface area contributed by atoms with Gasteiger partial charge in [-0.1, -0.05) is 29.8 Å². The van der Waals surface area contributed by atoms with Crippen LogP contribution in [0.3, 0.4) is 0 Å². The van der Waals surface area contributed by atoms with E-state index in [-0.39, 0.29) is 6.61 Å². The lowest BCUT2D eigenvalue weighted by molar-refractivity contribution is 0.112. The predicted octanol–water partition coefficient (Wildman–Crippen LogP) is 3.53. The number of para-hydroxylation sites is 1. The molecule has 2 aromatic rings. The number of hydrogen-bond donors (Lipinski definition) is 1. The van der Waals surface area contributed by atoms with Crippen molar-refractivity contribution in [3.05, 3.63) is 59.1 Å². The normalized spacial score (nSPS) is 15.3. The second-order valence-electron chi connectivity index (χ2n) is 5.60. The lowest BCUT2D eigenvalue weighted by atomic mass is 10.0. The zero-order valence-corrected chi connectivity index (χ0v) is 13.2. The van der Waals surface area contributed by atoms with Gasteiger partial charge in [-0.05, 0) is 48.7 Å². The fourth-order valence-electron chi connectivity index (χ4n) is 2.83. The Balaban J connectivity index is 1.56. The molecular formula is C18H20ClNO2. The number of nitrogens with zero attached hydrogens (tertiary/aromatic N) is 1. The van der Waals surface area contributed by atoms with E-state index in [1.807, 2.05) is 18.2 Å². The van der Waals surface area contributed by atoms with Gasteiger partial charge in [-0.3, -0.25) is 0 Å². The number of aliphatic hydroxyl groups is 1. The number of ether oxygens (including phenoxy) is 1. The summed E-state index contributed by atoms with van der Waals surface area (Å²) in [5.41, 5.74) is 2.60. The number of rotatable bonds is 5. The summed E-state index contributed by atoms with van der Waals surface area (Å²) >= 11 is 5.84. The first-order chi connectivity index (χ1) is 10.7. The second kappa shape index (κ2) is 7.03. The molecule has 0 radical (unpaired) electrons. The van der Waals surface area contributed by atoms with Gasteiger partial charge in [0.2, 0.25) is 0 Å². The molecule has 0 aliphatic carbocycles. The number of aryl methyl sites for hydroxylation is 1. The van der Waals surface area contributed by atoms with Crippen LogP contribution in [0.2, 0.25) is 5.02 Å². The van der Waals surface area contributed by atoms with Gasteiger partial charge in [-0.2, -0.15) is 0 Å². The number of fused-ring (bicyclic) bond motifs is 1. The Kier molecular flexibility index (Phi) is 4.86. The molecule has 0 aromatic heterocycles. The van der Waals surface area contributed by atoms with Crippen LogP contribution in [0.4, 0.5) is 5.69 Å². The molecule has 0 bridgehead atoms. The highest BCUT2D eigenvalue weighted by Crippen LogP contribution is 2.26. The Hall–Kier alpha value is -1.71. The Morgan fingerprint density at radius 2 is 1.91 bits per heavy atom. The molecule has 116 valence electrons. The first-order valence-corrected chi connectivity index (χ1v) is 7.99. The number of halogens is 1. The molecule has 4 heteroatoms. The number of aliphatic hydroxyl groups excluding tert-OH is 1. The topological polar surface area (TPSA) is 32.7 Å². The molecular weight excluding hydrogens is 298 g/mol. The van der Waals surface area contributed by atoms with Crippen molar-refractivity contribution in [1.82, 2.24) is 0 Å². The monoisotopic (exact) mass is 317 g/mol. The molecule has 1 aliphatic rings. The van der Waals surface area contributed by atoms with Gasteiger partial charge < -0.3 is 14.7 Å². The fourth-order valence-corrected chi connectivity index (χ4v) is 2.96. The first kappa shape index (κ1) is 15.2. The number of benzene rings is 2. The van der Waals surface area contributed by atoms with Gasteiger partial charge in [-0.25, -0.2) is 0 Å². The smallest absolute Gasteiger partial charge is 0.119 e. The molecule has 1 unspecified atom stereocenters. The first-order valence-electron chi connectivity index (χ1n) is 7.61. The quantitative estimate of drug-likeness (QED) is 0.915. The third kappa shape index (κ3) is 3.73.